The van der Waals surface area contributed by atoms with Crippen LogP contribution in [0.1, 0.15) is 29.5 Å². The number of carbonyl (C=O) groups excluding carboxylic acids is 1. The Labute approximate surface area is 98.4 Å². The van der Waals surface area contributed by atoms with Gasteiger partial charge in [-0.3, -0.25) is 4.79 Å². The van der Waals surface area contributed by atoms with Crippen LogP contribution < -0.4 is 4.74 Å². The lowest BCUT2D eigenvalue weighted by molar-refractivity contribution is 0.0988. The summed E-state index contributed by atoms with van der Waals surface area (Å²) in [6, 6.07) is 7.00. The number of rotatable bonds is 5. The van der Waals surface area contributed by atoms with Crippen LogP contribution in [0.25, 0.3) is 0 Å². The maximum Gasteiger partial charge on any atom is 0.213 e. The average molecular weight is 232 g/mol. The second kappa shape index (κ2) is 5.25. The lowest BCUT2D eigenvalue weighted by atomic mass is 10.1. The van der Waals surface area contributed by atoms with Crippen molar-refractivity contribution in [3.05, 3.63) is 42.0 Å². The highest BCUT2D eigenvalue weighted by Crippen LogP contribution is 2.14. The van der Waals surface area contributed by atoms with Crippen molar-refractivity contribution >= 4 is 5.78 Å². The van der Waals surface area contributed by atoms with Crippen LogP contribution in [-0.2, 0) is 6.61 Å². The standard InChI is InChI=1S/C12H12N2O3/c1-2-11(15)9-3-5-10(6-4-9)16-7-12-13-8-17-14-12/h3-6,8H,2,7H2,1H3. The molecule has 0 amide bonds. The van der Waals surface area contributed by atoms with Crippen molar-refractivity contribution in [2.45, 2.75) is 20.0 Å². The average Bonchev–Trinajstić information content (AvgIpc) is 2.89. The van der Waals surface area contributed by atoms with Crippen molar-refractivity contribution in [1.29, 1.82) is 0 Å². The van der Waals surface area contributed by atoms with Crippen molar-refractivity contribution in [2.75, 3.05) is 0 Å². The number of hydrogen-bond donors (Lipinski definition) is 0. The first kappa shape index (κ1) is 11.3. The molecule has 0 aliphatic heterocycles. The summed E-state index contributed by atoms with van der Waals surface area (Å²) in [6.07, 6.45) is 1.75. The zero-order valence-electron chi connectivity index (χ0n) is 9.42. The van der Waals surface area contributed by atoms with Gasteiger partial charge >= 0.3 is 0 Å². The van der Waals surface area contributed by atoms with Gasteiger partial charge in [0.2, 0.25) is 12.2 Å². The van der Waals surface area contributed by atoms with Gasteiger partial charge in [0.05, 0.1) is 0 Å². The van der Waals surface area contributed by atoms with Gasteiger partial charge in [-0.1, -0.05) is 12.1 Å². The fourth-order valence-corrected chi connectivity index (χ4v) is 1.35. The predicted octanol–water partition coefficient (Wildman–Crippen LogP) is 2.24. The maximum absolute atomic E-state index is 11.4. The van der Waals surface area contributed by atoms with Gasteiger partial charge in [-0.2, -0.15) is 4.98 Å². The lowest BCUT2D eigenvalue weighted by Crippen LogP contribution is -1.99. The molecule has 0 bridgehead atoms. The highest BCUT2D eigenvalue weighted by Gasteiger charge is 2.04. The van der Waals surface area contributed by atoms with E-state index < -0.39 is 0 Å². The number of ether oxygens (including phenoxy) is 1. The van der Waals surface area contributed by atoms with Gasteiger partial charge in [-0.05, 0) is 24.3 Å². The zero-order chi connectivity index (χ0) is 12.1. The molecule has 0 aliphatic rings. The molecular formula is C12H12N2O3. The van der Waals surface area contributed by atoms with Gasteiger partial charge < -0.3 is 9.26 Å². The summed E-state index contributed by atoms with van der Waals surface area (Å²) in [5.41, 5.74) is 0.694. The molecule has 88 valence electrons. The Balaban J connectivity index is 1.96. The minimum atomic E-state index is 0.120. The minimum Gasteiger partial charge on any atom is -0.485 e. The van der Waals surface area contributed by atoms with Crippen molar-refractivity contribution < 1.29 is 14.1 Å². The largest absolute Gasteiger partial charge is 0.485 e. The topological polar surface area (TPSA) is 65.2 Å². The van der Waals surface area contributed by atoms with Crippen LogP contribution in [0, 0.1) is 0 Å². The highest BCUT2D eigenvalue weighted by atomic mass is 16.5. The summed E-state index contributed by atoms with van der Waals surface area (Å²) in [5.74, 6) is 1.27. The molecule has 5 heteroatoms. The number of hydrogen-bond acceptors (Lipinski definition) is 5. The molecule has 0 atom stereocenters. The maximum atomic E-state index is 11.4. The molecule has 0 N–H and O–H groups in total. The van der Waals surface area contributed by atoms with Crippen LogP contribution >= 0.6 is 0 Å². The van der Waals surface area contributed by atoms with Gasteiger partial charge in [0.1, 0.15) is 5.75 Å². The molecule has 0 spiro atoms. The number of aromatic nitrogens is 2. The minimum absolute atomic E-state index is 0.120. The smallest absolute Gasteiger partial charge is 0.213 e. The van der Waals surface area contributed by atoms with E-state index in [1.54, 1.807) is 24.3 Å². The van der Waals surface area contributed by atoms with E-state index in [1.165, 1.54) is 6.39 Å². The van der Waals surface area contributed by atoms with Crippen LogP contribution in [0.15, 0.2) is 35.2 Å². The summed E-state index contributed by atoms with van der Waals surface area (Å²) < 4.78 is 10.0. The zero-order valence-corrected chi connectivity index (χ0v) is 9.42. The Bertz CT molecular complexity index is 477. The third-order valence-electron chi connectivity index (χ3n) is 2.27. The fraction of sp³-hybridized carbons (Fsp3) is 0.250. The van der Waals surface area contributed by atoms with Crippen LogP contribution in [0.2, 0.25) is 0 Å². The predicted molar refractivity (Wildman–Crippen MR) is 59.7 cm³/mol. The summed E-state index contributed by atoms with van der Waals surface area (Å²) in [4.78, 5) is 15.2. The van der Waals surface area contributed by atoms with E-state index in [0.29, 0.717) is 23.6 Å². The summed E-state index contributed by atoms with van der Waals surface area (Å²) in [5, 5.41) is 3.63. The first-order valence-corrected chi connectivity index (χ1v) is 5.31. The van der Waals surface area contributed by atoms with E-state index in [-0.39, 0.29) is 12.4 Å². The molecule has 17 heavy (non-hydrogen) atoms. The lowest BCUT2D eigenvalue weighted by Gasteiger charge is -2.04. The molecule has 1 aromatic carbocycles. The number of ketones is 1. The molecule has 0 unspecified atom stereocenters. The molecule has 0 fully saturated rings. The monoisotopic (exact) mass is 232 g/mol. The van der Waals surface area contributed by atoms with Gasteiger partial charge in [0, 0.05) is 12.0 Å². The molecule has 0 aliphatic carbocycles. The fourth-order valence-electron chi connectivity index (χ4n) is 1.35. The molecule has 5 nitrogen and oxygen atoms in total. The van der Waals surface area contributed by atoms with Crippen molar-refractivity contribution in [3.63, 3.8) is 0 Å². The van der Waals surface area contributed by atoms with E-state index in [4.69, 9.17) is 4.74 Å². The molecule has 2 rings (SSSR count). The van der Waals surface area contributed by atoms with Crippen LogP contribution in [0.3, 0.4) is 0 Å². The second-order valence-corrected chi connectivity index (χ2v) is 3.44. The quantitative estimate of drug-likeness (QED) is 0.739. The van der Waals surface area contributed by atoms with E-state index in [2.05, 4.69) is 14.7 Å². The van der Waals surface area contributed by atoms with E-state index >= 15 is 0 Å². The summed E-state index contributed by atoms with van der Waals surface area (Å²) in [7, 11) is 0. The van der Waals surface area contributed by atoms with E-state index in [9.17, 15) is 4.79 Å². The van der Waals surface area contributed by atoms with E-state index in [1.807, 2.05) is 6.92 Å². The van der Waals surface area contributed by atoms with Crippen molar-refractivity contribution in [3.8, 4) is 5.75 Å². The Morgan fingerprint density at radius 1 is 1.35 bits per heavy atom. The molecule has 0 saturated carbocycles. The Kier molecular flexibility index (Phi) is 3.49. The Morgan fingerprint density at radius 2 is 2.12 bits per heavy atom. The van der Waals surface area contributed by atoms with Crippen molar-refractivity contribution in [1.82, 2.24) is 10.1 Å². The number of carbonyl (C=O) groups is 1. The van der Waals surface area contributed by atoms with Crippen LogP contribution in [-0.4, -0.2) is 15.9 Å². The first-order valence-electron chi connectivity index (χ1n) is 5.31. The normalized spacial score (nSPS) is 10.2. The molecule has 1 heterocycles. The molecule has 0 saturated heterocycles. The number of nitrogens with zero attached hydrogens (tertiary/aromatic N) is 2. The molecule has 1 aromatic heterocycles. The Hall–Kier alpha value is -2.17. The third kappa shape index (κ3) is 2.90. The third-order valence-corrected chi connectivity index (χ3v) is 2.27. The van der Waals surface area contributed by atoms with Crippen LogP contribution in [0.5, 0.6) is 5.75 Å². The van der Waals surface area contributed by atoms with Crippen LogP contribution in [0.4, 0.5) is 0 Å². The summed E-state index contributed by atoms with van der Waals surface area (Å²) >= 11 is 0. The molecule has 0 radical (unpaired) electrons. The van der Waals surface area contributed by atoms with Gasteiger partial charge in [-0.25, -0.2) is 0 Å². The highest BCUT2D eigenvalue weighted by molar-refractivity contribution is 5.95. The van der Waals surface area contributed by atoms with Gasteiger partial charge in [-0.15, -0.1) is 0 Å². The SMILES string of the molecule is CCC(=O)c1ccc(OCc2ncon2)cc1. The van der Waals surface area contributed by atoms with Gasteiger partial charge in [0.25, 0.3) is 0 Å². The second-order valence-electron chi connectivity index (χ2n) is 3.44. The Morgan fingerprint density at radius 3 is 2.71 bits per heavy atom. The number of Topliss-reactive ketones (excluding diaryl/α,β-unsaturated/α-hetero) is 1. The van der Waals surface area contributed by atoms with Gasteiger partial charge in [0.15, 0.2) is 12.4 Å². The molecule has 2 aromatic rings. The number of benzene rings is 1. The first-order chi connectivity index (χ1) is 8.29. The summed E-state index contributed by atoms with van der Waals surface area (Å²) in [6.45, 7) is 2.08. The molecular weight excluding hydrogens is 220 g/mol. The van der Waals surface area contributed by atoms with E-state index in [0.717, 1.165) is 0 Å². The van der Waals surface area contributed by atoms with Crippen molar-refractivity contribution in [2.24, 2.45) is 0 Å².